The van der Waals surface area contributed by atoms with Crippen molar-refractivity contribution in [1.82, 2.24) is 5.32 Å². The van der Waals surface area contributed by atoms with Crippen molar-refractivity contribution in [3.8, 4) is 23.0 Å². The highest BCUT2D eigenvalue weighted by molar-refractivity contribution is 6.04. The van der Waals surface area contributed by atoms with Crippen LogP contribution in [0.5, 0.6) is 23.0 Å². The van der Waals surface area contributed by atoms with E-state index in [1.54, 1.807) is 41.4 Å². The van der Waals surface area contributed by atoms with Gasteiger partial charge >= 0.3 is 5.97 Å². The first-order chi connectivity index (χ1) is 17.9. The number of methoxy groups -OCH3 is 4. The Hall–Kier alpha value is -3.94. The van der Waals surface area contributed by atoms with Crippen LogP contribution in [0.25, 0.3) is 0 Å². The van der Waals surface area contributed by atoms with Crippen LogP contribution in [0.4, 0.5) is 0 Å². The molecule has 196 valence electrons. The third-order valence-corrected chi connectivity index (χ3v) is 6.95. The van der Waals surface area contributed by atoms with Gasteiger partial charge in [0.15, 0.2) is 28.8 Å². The van der Waals surface area contributed by atoms with Gasteiger partial charge in [0.05, 0.1) is 46.5 Å². The number of carbonyl (C=O) groups is 2. The fourth-order valence-electron chi connectivity index (χ4n) is 5.31. The van der Waals surface area contributed by atoms with Gasteiger partial charge in [-0.25, -0.2) is 4.79 Å². The molecule has 0 radical (unpaired) electrons. The summed E-state index contributed by atoms with van der Waals surface area (Å²) >= 11 is 0. The van der Waals surface area contributed by atoms with E-state index >= 15 is 0 Å². The number of rotatable bonds is 8. The van der Waals surface area contributed by atoms with Gasteiger partial charge in [0.2, 0.25) is 0 Å². The lowest BCUT2D eigenvalue weighted by atomic mass is 9.71. The number of para-hydroxylation sites is 1. The Morgan fingerprint density at radius 3 is 2.32 bits per heavy atom. The summed E-state index contributed by atoms with van der Waals surface area (Å²) < 4.78 is 27.5. The predicted molar refractivity (Wildman–Crippen MR) is 138 cm³/mol. The zero-order valence-electron chi connectivity index (χ0n) is 22.1. The topological polar surface area (TPSA) is 92.3 Å². The van der Waals surface area contributed by atoms with Crippen molar-refractivity contribution >= 4 is 11.8 Å². The van der Waals surface area contributed by atoms with Crippen molar-refractivity contribution < 1.29 is 33.3 Å². The van der Waals surface area contributed by atoms with Crippen LogP contribution in [0.2, 0.25) is 0 Å². The van der Waals surface area contributed by atoms with Crippen molar-refractivity contribution in [2.45, 2.75) is 38.5 Å². The predicted octanol–water partition coefficient (Wildman–Crippen LogP) is 4.65. The highest BCUT2D eigenvalue weighted by Gasteiger charge is 2.43. The number of ketones is 1. The summed E-state index contributed by atoms with van der Waals surface area (Å²) in [4.78, 5) is 27.1. The lowest BCUT2D eigenvalue weighted by Crippen LogP contribution is -2.36. The van der Waals surface area contributed by atoms with Crippen LogP contribution in [0.1, 0.15) is 49.7 Å². The van der Waals surface area contributed by atoms with Crippen molar-refractivity contribution in [2.24, 2.45) is 0 Å². The lowest BCUT2D eigenvalue weighted by Gasteiger charge is -2.37. The average molecular weight is 508 g/mol. The molecule has 0 unspecified atom stereocenters. The van der Waals surface area contributed by atoms with Crippen LogP contribution >= 0.6 is 0 Å². The van der Waals surface area contributed by atoms with E-state index in [0.29, 0.717) is 51.8 Å². The Morgan fingerprint density at radius 1 is 0.946 bits per heavy atom. The molecule has 0 amide bonds. The largest absolute Gasteiger partial charge is 0.493 e. The molecule has 0 aromatic heterocycles. The van der Waals surface area contributed by atoms with E-state index in [1.165, 1.54) is 0 Å². The van der Waals surface area contributed by atoms with Gasteiger partial charge < -0.3 is 29.0 Å². The Morgan fingerprint density at radius 2 is 1.68 bits per heavy atom. The molecule has 1 heterocycles. The number of allylic oxidation sites excluding steroid dienone is 3. The number of dihydropyridines is 1. The molecule has 0 spiro atoms. The highest BCUT2D eigenvalue weighted by Crippen LogP contribution is 2.49. The standard InChI is InChI=1S/C29H33NO7/c1-7-37-29(32)25-16(2)30-20-13-18(17-11-12-22(33-3)24(15-17)35-5)14-21(31)27(20)26(25)19-9-8-10-23(34-4)28(19)36-6/h8-12,15,18,26,30H,7,13-14H2,1-6H3/t18-,26+/m1/s1. The minimum atomic E-state index is -0.654. The number of Topliss-reactive ketones (excluding diaryl/α,β-unsaturated/α-hetero) is 1. The van der Waals surface area contributed by atoms with Crippen LogP contribution in [0.15, 0.2) is 58.9 Å². The third-order valence-electron chi connectivity index (χ3n) is 6.95. The second-order valence-corrected chi connectivity index (χ2v) is 8.93. The molecule has 0 saturated heterocycles. The molecule has 1 aliphatic heterocycles. The van der Waals surface area contributed by atoms with Gasteiger partial charge in [0.1, 0.15) is 0 Å². The molecule has 2 aromatic rings. The summed E-state index contributed by atoms with van der Waals surface area (Å²) in [5.74, 6) is 1.01. The Balaban J connectivity index is 1.84. The van der Waals surface area contributed by atoms with Crippen molar-refractivity contribution in [1.29, 1.82) is 0 Å². The maximum atomic E-state index is 13.9. The monoisotopic (exact) mass is 507 g/mol. The van der Waals surface area contributed by atoms with Gasteiger partial charge in [-0.1, -0.05) is 18.2 Å². The van der Waals surface area contributed by atoms with Gasteiger partial charge in [-0.2, -0.15) is 0 Å². The van der Waals surface area contributed by atoms with Crippen molar-refractivity contribution in [3.05, 3.63) is 70.1 Å². The number of esters is 1. The number of hydrogen-bond acceptors (Lipinski definition) is 8. The number of hydrogen-bond donors (Lipinski definition) is 1. The van der Waals surface area contributed by atoms with Crippen LogP contribution < -0.4 is 24.3 Å². The zero-order chi connectivity index (χ0) is 26.7. The first-order valence-corrected chi connectivity index (χ1v) is 12.2. The summed E-state index contributed by atoms with van der Waals surface area (Å²) in [5.41, 5.74) is 4.04. The maximum absolute atomic E-state index is 13.9. The molecule has 2 aliphatic rings. The van der Waals surface area contributed by atoms with Crippen LogP contribution in [0.3, 0.4) is 0 Å². The molecule has 8 nitrogen and oxygen atoms in total. The summed E-state index contributed by atoms with van der Waals surface area (Å²) in [6.45, 7) is 3.81. The molecule has 0 fully saturated rings. The third kappa shape index (κ3) is 4.75. The van der Waals surface area contributed by atoms with Crippen molar-refractivity contribution in [3.63, 3.8) is 0 Å². The van der Waals surface area contributed by atoms with Gasteiger partial charge in [-0.05, 0) is 49.9 Å². The molecule has 1 aliphatic carbocycles. The normalized spacial score (nSPS) is 19.1. The van der Waals surface area contributed by atoms with Crippen LogP contribution in [-0.2, 0) is 14.3 Å². The molecular formula is C29H33NO7. The van der Waals surface area contributed by atoms with E-state index in [1.807, 2.05) is 37.3 Å². The van der Waals surface area contributed by atoms with E-state index in [2.05, 4.69) is 5.32 Å². The minimum absolute atomic E-state index is 0.0438. The molecule has 2 atom stereocenters. The quantitative estimate of drug-likeness (QED) is 0.517. The maximum Gasteiger partial charge on any atom is 0.336 e. The summed E-state index contributed by atoms with van der Waals surface area (Å²) in [6.07, 6.45) is 0.876. The van der Waals surface area contributed by atoms with E-state index in [-0.39, 0.29) is 24.7 Å². The number of carbonyl (C=O) groups excluding carboxylic acids is 2. The Labute approximate surface area is 217 Å². The van der Waals surface area contributed by atoms with Crippen LogP contribution in [-0.4, -0.2) is 46.8 Å². The second kappa shape index (κ2) is 11.0. The first-order valence-electron chi connectivity index (χ1n) is 12.2. The molecular weight excluding hydrogens is 474 g/mol. The van der Waals surface area contributed by atoms with Gasteiger partial charge in [-0.3, -0.25) is 4.79 Å². The SMILES string of the molecule is CCOC(=O)C1=C(C)NC2=C(C(=O)C[C@H](c3ccc(OC)c(OC)c3)C2)[C@H]1c1cccc(OC)c1OC. The van der Waals surface area contributed by atoms with Gasteiger partial charge in [0, 0.05) is 29.0 Å². The van der Waals surface area contributed by atoms with E-state index in [9.17, 15) is 9.59 Å². The molecule has 1 N–H and O–H groups in total. The molecule has 8 heteroatoms. The molecule has 0 bridgehead atoms. The highest BCUT2D eigenvalue weighted by atomic mass is 16.5. The Bertz CT molecular complexity index is 1280. The molecule has 0 saturated carbocycles. The second-order valence-electron chi connectivity index (χ2n) is 8.93. The fraction of sp³-hybridized carbons (Fsp3) is 0.379. The fourth-order valence-corrected chi connectivity index (χ4v) is 5.31. The molecule has 4 rings (SSSR count). The average Bonchev–Trinajstić information content (AvgIpc) is 2.91. The van der Waals surface area contributed by atoms with E-state index < -0.39 is 11.9 Å². The van der Waals surface area contributed by atoms with Crippen molar-refractivity contribution in [2.75, 3.05) is 35.0 Å². The molecule has 37 heavy (non-hydrogen) atoms. The zero-order valence-corrected chi connectivity index (χ0v) is 22.1. The summed E-state index contributed by atoms with van der Waals surface area (Å²) in [5, 5.41) is 3.36. The smallest absolute Gasteiger partial charge is 0.336 e. The molecule has 2 aromatic carbocycles. The van der Waals surface area contributed by atoms with Gasteiger partial charge in [0.25, 0.3) is 0 Å². The number of nitrogens with one attached hydrogen (secondary N) is 1. The first kappa shape index (κ1) is 26.1. The number of benzene rings is 2. The summed E-state index contributed by atoms with van der Waals surface area (Å²) in [6, 6.07) is 11.2. The van der Waals surface area contributed by atoms with E-state index in [0.717, 1.165) is 11.3 Å². The van der Waals surface area contributed by atoms with Crippen LogP contribution in [0, 0.1) is 0 Å². The van der Waals surface area contributed by atoms with Gasteiger partial charge in [-0.15, -0.1) is 0 Å². The van der Waals surface area contributed by atoms with E-state index in [4.69, 9.17) is 23.7 Å². The lowest BCUT2D eigenvalue weighted by molar-refractivity contribution is -0.138. The summed E-state index contributed by atoms with van der Waals surface area (Å²) in [7, 11) is 6.29. The Kier molecular flexibility index (Phi) is 7.76. The number of ether oxygens (including phenoxy) is 5. The minimum Gasteiger partial charge on any atom is -0.493 e.